The van der Waals surface area contributed by atoms with Crippen LogP contribution in [0.3, 0.4) is 0 Å². The zero-order valence-electron chi connectivity index (χ0n) is 12.2. The summed E-state index contributed by atoms with van der Waals surface area (Å²) in [4.78, 5) is 25.0. The van der Waals surface area contributed by atoms with Crippen molar-refractivity contribution in [3.63, 3.8) is 0 Å². The number of piperidine rings is 1. The second-order valence-electron chi connectivity index (χ2n) is 5.43. The lowest BCUT2D eigenvalue weighted by atomic mass is 9.97. The average Bonchev–Trinajstić information content (AvgIpc) is 3.04. The molecule has 1 amide bonds. The number of aliphatic carboxylic acids is 1. The van der Waals surface area contributed by atoms with Crippen molar-refractivity contribution in [2.45, 2.75) is 12.8 Å². The lowest BCUT2D eigenvalue weighted by molar-refractivity contribution is -0.143. The first-order valence-corrected chi connectivity index (χ1v) is 8.04. The molecule has 0 atom stereocenters. The Morgan fingerprint density at radius 3 is 2.65 bits per heavy atom. The van der Waals surface area contributed by atoms with Gasteiger partial charge in [-0.3, -0.25) is 9.59 Å². The van der Waals surface area contributed by atoms with Gasteiger partial charge in [-0.25, -0.2) is 4.68 Å². The molecule has 23 heavy (non-hydrogen) atoms. The van der Waals surface area contributed by atoms with Crippen molar-refractivity contribution in [3.05, 3.63) is 40.6 Å². The molecule has 1 fully saturated rings. The third-order valence-corrected chi connectivity index (χ3v) is 4.41. The van der Waals surface area contributed by atoms with Gasteiger partial charge in [0.2, 0.25) is 0 Å². The van der Waals surface area contributed by atoms with E-state index in [0.717, 1.165) is 10.2 Å². The number of likely N-dealkylation sites (tertiary alicyclic amines) is 1. The fourth-order valence-electron chi connectivity index (χ4n) is 2.60. The van der Waals surface area contributed by atoms with Crippen molar-refractivity contribution in [1.29, 1.82) is 0 Å². The van der Waals surface area contributed by atoms with E-state index in [2.05, 4.69) is 26.2 Å². The van der Waals surface area contributed by atoms with Gasteiger partial charge >= 0.3 is 5.97 Å². The van der Waals surface area contributed by atoms with E-state index < -0.39 is 5.97 Å². The second-order valence-corrected chi connectivity index (χ2v) is 6.35. The van der Waals surface area contributed by atoms with Crippen LogP contribution in [-0.2, 0) is 4.79 Å². The fraction of sp³-hybridized carbons (Fsp3) is 0.333. The number of carbonyl (C=O) groups is 2. The number of hydrogen-bond acceptors (Lipinski definition) is 4. The summed E-state index contributed by atoms with van der Waals surface area (Å²) in [5.74, 6) is -1.37. The molecule has 3 rings (SSSR count). The molecule has 7 nitrogen and oxygen atoms in total. The number of rotatable bonds is 3. The molecule has 1 aromatic carbocycles. The maximum atomic E-state index is 12.4. The molecule has 0 aliphatic carbocycles. The van der Waals surface area contributed by atoms with Crippen molar-refractivity contribution >= 4 is 27.8 Å². The summed E-state index contributed by atoms with van der Waals surface area (Å²) in [5, 5.41) is 16.9. The van der Waals surface area contributed by atoms with E-state index in [1.165, 1.54) is 0 Å². The highest BCUT2D eigenvalue weighted by Gasteiger charge is 2.28. The Bertz CT molecular complexity index is 738. The van der Waals surface area contributed by atoms with Gasteiger partial charge in [-0.15, -0.1) is 5.10 Å². The van der Waals surface area contributed by atoms with E-state index in [1.807, 2.05) is 24.3 Å². The first kappa shape index (κ1) is 15.7. The molecule has 1 saturated heterocycles. The molecule has 8 heteroatoms. The van der Waals surface area contributed by atoms with Crippen molar-refractivity contribution in [2.75, 3.05) is 13.1 Å². The van der Waals surface area contributed by atoms with Gasteiger partial charge in [-0.1, -0.05) is 27.2 Å². The lowest BCUT2D eigenvalue weighted by Gasteiger charge is -2.29. The summed E-state index contributed by atoms with van der Waals surface area (Å²) < 4.78 is 2.45. The number of benzene rings is 1. The predicted molar refractivity (Wildman–Crippen MR) is 85.3 cm³/mol. The maximum Gasteiger partial charge on any atom is 0.306 e. The van der Waals surface area contributed by atoms with Gasteiger partial charge in [0.05, 0.1) is 17.8 Å². The smallest absolute Gasteiger partial charge is 0.306 e. The van der Waals surface area contributed by atoms with Crippen LogP contribution in [0.4, 0.5) is 0 Å². The van der Waals surface area contributed by atoms with Gasteiger partial charge in [0, 0.05) is 17.6 Å². The van der Waals surface area contributed by atoms with Gasteiger partial charge < -0.3 is 10.0 Å². The van der Waals surface area contributed by atoms with E-state index in [-0.39, 0.29) is 17.5 Å². The third kappa shape index (κ3) is 3.42. The van der Waals surface area contributed by atoms with Gasteiger partial charge in [0.25, 0.3) is 5.91 Å². The Labute approximate surface area is 141 Å². The van der Waals surface area contributed by atoms with E-state index >= 15 is 0 Å². The highest BCUT2D eigenvalue weighted by atomic mass is 79.9. The number of carbonyl (C=O) groups excluding carboxylic acids is 1. The zero-order chi connectivity index (χ0) is 16.4. The molecule has 0 unspecified atom stereocenters. The fourth-order valence-corrected chi connectivity index (χ4v) is 2.99. The molecule has 1 aliphatic heterocycles. The third-order valence-electron chi connectivity index (χ3n) is 3.92. The van der Waals surface area contributed by atoms with Crippen LogP contribution >= 0.6 is 15.9 Å². The van der Waals surface area contributed by atoms with Crippen LogP contribution in [0.1, 0.15) is 23.3 Å². The maximum absolute atomic E-state index is 12.4. The molecule has 0 bridgehead atoms. The summed E-state index contributed by atoms with van der Waals surface area (Å²) >= 11 is 3.39. The minimum absolute atomic E-state index is 0.213. The highest BCUT2D eigenvalue weighted by Crippen LogP contribution is 2.19. The summed E-state index contributed by atoms with van der Waals surface area (Å²) in [6.45, 7) is 0.860. The van der Waals surface area contributed by atoms with E-state index in [4.69, 9.17) is 5.11 Å². The number of aromatic nitrogens is 3. The topological polar surface area (TPSA) is 88.3 Å². The van der Waals surface area contributed by atoms with Crippen molar-refractivity contribution in [3.8, 4) is 5.69 Å². The van der Waals surface area contributed by atoms with Crippen molar-refractivity contribution in [1.82, 2.24) is 19.9 Å². The first-order valence-electron chi connectivity index (χ1n) is 7.25. The zero-order valence-corrected chi connectivity index (χ0v) is 13.8. The van der Waals surface area contributed by atoms with Crippen LogP contribution in [0.5, 0.6) is 0 Å². The van der Waals surface area contributed by atoms with Crippen LogP contribution in [-0.4, -0.2) is 50.0 Å². The van der Waals surface area contributed by atoms with Gasteiger partial charge in [-0.2, -0.15) is 0 Å². The number of carboxylic acids is 1. The Morgan fingerprint density at radius 2 is 2.00 bits per heavy atom. The molecule has 1 aliphatic rings. The standard InChI is InChI=1S/C15H15BrN4O3/c16-11-2-1-3-12(8-11)20-9-13(17-18-20)14(21)19-6-4-10(5-7-19)15(22)23/h1-3,8-10H,4-7H2,(H,22,23). The second kappa shape index (κ2) is 6.49. The predicted octanol–water partition coefficient (Wildman–Crippen LogP) is 1.97. The van der Waals surface area contributed by atoms with Crippen LogP contribution in [0.15, 0.2) is 34.9 Å². The van der Waals surface area contributed by atoms with E-state index in [9.17, 15) is 9.59 Å². The minimum atomic E-state index is -0.794. The molecular weight excluding hydrogens is 364 g/mol. The summed E-state index contributed by atoms with van der Waals surface area (Å²) in [6, 6.07) is 7.52. The van der Waals surface area contributed by atoms with E-state index in [1.54, 1.807) is 15.8 Å². The number of hydrogen-bond donors (Lipinski definition) is 1. The number of carboxylic acid groups (broad SMARTS) is 1. The molecule has 1 aromatic heterocycles. The summed E-state index contributed by atoms with van der Waals surface area (Å²) in [5.41, 5.74) is 1.06. The van der Waals surface area contributed by atoms with Gasteiger partial charge in [0.15, 0.2) is 5.69 Å². The Balaban J connectivity index is 1.71. The Morgan fingerprint density at radius 1 is 1.26 bits per heavy atom. The molecule has 120 valence electrons. The Kier molecular flexibility index (Phi) is 4.42. The Hall–Kier alpha value is -2.22. The summed E-state index contributed by atoms with van der Waals surface area (Å²) in [6.07, 6.45) is 2.54. The minimum Gasteiger partial charge on any atom is -0.481 e. The molecule has 0 spiro atoms. The molecule has 0 radical (unpaired) electrons. The van der Waals surface area contributed by atoms with Gasteiger partial charge in [0.1, 0.15) is 0 Å². The number of amides is 1. The highest BCUT2D eigenvalue weighted by molar-refractivity contribution is 9.10. The van der Waals surface area contributed by atoms with Crippen LogP contribution in [0.2, 0.25) is 0 Å². The molecule has 2 heterocycles. The lowest BCUT2D eigenvalue weighted by Crippen LogP contribution is -2.40. The summed E-state index contributed by atoms with van der Waals surface area (Å²) in [7, 11) is 0. The SMILES string of the molecule is O=C(O)C1CCN(C(=O)c2cn(-c3cccc(Br)c3)nn2)CC1. The van der Waals surface area contributed by atoms with Crippen LogP contribution < -0.4 is 0 Å². The number of halogens is 1. The van der Waals surface area contributed by atoms with Crippen LogP contribution in [0, 0.1) is 5.92 Å². The molecular formula is C15H15BrN4O3. The van der Waals surface area contributed by atoms with Crippen molar-refractivity contribution < 1.29 is 14.7 Å². The molecule has 2 aromatic rings. The molecule has 0 saturated carbocycles. The monoisotopic (exact) mass is 378 g/mol. The normalized spacial score (nSPS) is 15.6. The average molecular weight is 379 g/mol. The number of nitrogens with zero attached hydrogens (tertiary/aromatic N) is 4. The largest absolute Gasteiger partial charge is 0.481 e. The van der Waals surface area contributed by atoms with Crippen molar-refractivity contribution in [2.24, 2.45) is 5.92 Å². The van der Waals surface area contributed by atoms with E-state index in [0.29, 0.717) is 25.9 Å². The van der Waals surface area contributed by atoms with Crippen LogP contribution in [0.25, 0.3) is 5.69 Å². The molecule has 1 N–H and O–H groups in total. The van der Waals surface area contributed by atoms with Gasteiger partial charge in [-0.05, 0) is 31.0 Å². The quantitative estimate of drug-likeness (QED) is 0.881. The first-order chi connectivity index (χ1) is 11.0.